The Balaban J connectivity index is 0.000000292. The summed E-state index contributed by atoms with van der Waals surface area (Å²) in [5, 5.41) is 0. The Kier molecular flexibility index (Phi) is 6.72. The molecule has 0 saturated heterocycles. The molecule has 0 aliphatic heterocycles. The Hall–Kier alpha value is 0.0187. The van der Waals surface area contributed by atoms with E-state index in [1.807, 2.05) is 0 Å². The van der Waals surface area contributed by atoms with Gasteiger partial charge in [-0.25, -0.2) is 0 Å². The van der Waals surface area contributed by atoms with Crippen LogP contribution in [0, 0.1) is 13.8 Å². The first-order valence-electron chi connectivity index (χ1n) is 3.82. The molecule has 1 aromatic rings. The summed E-state index contributed by atoms with van der Waals surface area (Å²) in [6.07, 6.45) is 0. The summed E-state index contributed by atoms with van der Waals surface area (Å²) in [5.41, 5.74) is 2.66. The van der Waals surface area contributed by atoms with Crippen molar-refractivity contribution in [2.45, 2.75) is 23.7 Å². The van der Waals surface area contributed by atoms with Gasteiger partial charge < -0.3 is 0 Å². The second-order valence-electron chi connectivity index (χ2n) is 2.65. The second kappa shape index (κ2) is 6.71. The molecule has 60 valence electrons. The maximum atomic E-state index is 2.30. The molecule has 1 heteroatoms. The van der Waals surface area contributed by atoms with Crippen molar-refractivity contribution in [2.75, 3.05) is 0 Å². The molecule has 0 heterocycles. The molecule has 0 saturated carbocycles. The molecule has 0 fully saturated rings. The van der Waals surface area contributed by atoms with Crippen LogP contribution < -0.4 is 0 Å². The van der Waals surface area contributed by atoms with Gasteiger partial charge in [-0.3, -0.25) is 0 Å². The van der Waals surface area contributed by atoms with Gasteiger partial charge in [0.1, 0.15) is 0 Å². The Labute approximate surface area is 80.2 Å². The molecule has 0 spiro atoms. The van der Waals surface area contributed by atoms with E-state index in [1.165, 1.54) is 11.1 Å². The molecule has 0 aliphatic rings. The van der Waals surface area contributed by atoms with Crippen molar-refractivity contribution < 1.29 is 0 Å². The zero-order valence-electron chi connectivity index (χ0n) is 7.81. The van der Waals surface area contributed by atoms with Gasteiger partial charge in [-0.05, 0) is 13.8 Å². The molecule has 0 aliphatic carbocycles. The molecular weight excluding hydrogens is 239 g/mol. The second-order valence-corrected chi connectivity index (χ2v) is 5.51. The molecule has 11 heavy (non-hydrogen) atoms. The predicted octanol–water partition coefficient (Wildman–Crippen LogP) is 3.09. The predicted molar refractivity (Wildman–Crippen MR) is 53.4 cm³/mol. The zero-order chi connectivity index (χ0) is 8.69. The zero-order valence-corrected chi connectivity index (χ0v) is 10.7. The number of benzene rings is 1. The molecule has 0 nitrogen and oxygen atoms in total. The monoisotopic (exact) mass is 256 g/mol. The molecule has 1 rings (SSSR count). The van der Waals surface area contributed by atoms with Crippen molar-refractivity contribution in [2.24, 2.45) is 0 Å². The van der Waals surface area contributed by atoms with Gasteiger partial charge in [0.05, 0.1) is 0 Å². The van der Waals surface area contributed by atoms with Crippen molar-refractivity contribution in [3.63, 3.8) is 0 Å². The minimum atomic E-state index is 0.230. The Bertz CT molecular complexity index is 156. The van der Waals surface area contributed by atoms with E-state index in [-0.39, 0.29) is 21.1 Å². The van der Waals surface area contributed by atoms with E-state index in [4.69, 9.17) is 0 Å². The molecule has 0 aromatic heterocycles. The van der Waals surface area contributed by atoms with Crippen LogP contribution in [0.5, 0.6) is 0 Å². The summed E-state index contributed by atoms with van der Waals surface area (Å²) in [6.45, 7) is 4.19. The van der Waals surface area contributed by atoms with E-state index in [9.17, 15) is 0 Å². The van der Waals surface area contributed by atoms with E-state index in [0.717, 1.165) is 0 Å². The molecule has 0 N–H and O–H groups in total. The number of hydrogen-bond donors (Lipinski definition) is 0. The van der Waals surface area contributed by atoms with Crippen molar-refractivity contribution >= 4 is 21.1 Å². The topological polar surface area (TPSA) is 0 Å². The van der Waals surface area contributed by atoms with E-state index >= 15 is 0 Å². The number of aryl methyl sites for hydroxylation is 2. The summed E-state index contributed by atoms with van der Waals surface area (Å²) in [5.74, 6) is 0. The number of rotatable bonds is 0. The molecule has 0 atom stereocenters. The SMILES string of the molecule is Cc1ccc(C)cc1.[CH3][Sn][CH3]. The third-order valence-corrected chi connectivity index (χ3v) is 1.22. The first-order chi connectivity index (χ1) is 5.20. The van der Waals surface area contributed by atoms with Crippen LogP contribution in [-0.4, -0.2) is 21.1 Å². The van der Waals surface area contributed by atoms with Crippen molar-refractivity contribution in [3.8, 4) is 0 Å². The van der Waals surface area contributed by atoms with Crippen LogP contribution in [0.3, 0.4) is 0 Å². The van der Waals surface area contributed by atoms with Gasteiger partial charge in [-0.2, -0.15) is 0 Å². The van der Waals surface area contributed by atoms with Gasteiger partial charge in [-0.1, -0.05) is 35.4 Å². The van der Waals surface area contributed by atoms with Crippen LogP contribution in [-0.2, 0) is 0 Å². The Morgan fingerprint density at radius 2 is 1.00 bits per heavy atom. The quantitative estimate of drug-likeness (QED) is 0.625. The van der Waals surface area contributed by atoms with Crippen molar-refractivity contribution in [1.82, 2.24) is 0 Å². The standard InChI is InChI=1S/C8H10.2CH3.Sn/c1-7-3-5-8(2)6-4-7;;;/h3-6H,1-2H3;2*1H3;. The Morgan fingerprint density at radius 3 is 1.18 bits per heavy atom. The fourth-order valence-electron chi connectivity index (χ4n) is 0.637. The summed E-state index contributed by atoms with van der Waals surface area (Å²) >= 11 is 0.230. The van der Waals surface area contributed by atoms with Crippen LogP contribution in [0.15, 0.2) is 24.3 Å². The van der Waals surface area contributed by atoms with Gasteiger partial charge in [0, 0.05) is 0 Å². The molecular formula is C10H16Sn. The molecule has 0 amide bonds. The first-order valence-corrected chi connectivity index (χ1v) is 9.53. The molecule has 0 unspecified atom stereocenters. The van der Waals surface area contributed by atoms with E-state index in [0.29, 0.717) is 0 Å². The van der Waals surface area contributed by atoms with Gasteiger partial charge in [0.2, 0.25) is 0 Å². The van der Waals surface area contributed by atoms with Crippen LogP contribution in [0.2, 0.25) is 9.88 Å². The Morgan fingerprint density at radius 1 is 0.818 bits per heavy atom. The summed E-state index contributed by atoms with van der Waals surface area (Å²) in [6, 6.07) is 8.48. The average molecular weight is 255 g/mol. The third-order valence-electron chi connectivity index (χ3n) is 1.22. The first kappa shape index (κ1) is 11.0. The summed E-state index contributed by atoms with van der Waals surface area (Å²) in [4.78, 5) is 4.59. The van der Waals surface area contributed by atoms with Crippen molar-refractivity contribution in [3.05, 3.63) is 35.4 Å². The molecule has 0 bridgehead atoms. The van der Waals surface area contributed by atoms with Crippen LogP contribution in [0.4, 0.5) is 0 Å². The van der Waals surface area contributed by atoms with Gasteiger partial charge in [-0.15, -0.1) is 0 Å². The fraction of sp³-hybridized carbons (Fsp3) is 0.400. The minimum absolute atomic E-state index is 0.230. The van der Waals surface area contributed by atoms with E-state index in [1.54, 1.807) is 0 Å². The average Bonchev–Trinajstić information content (AvgIpc) is 1.97. The molecule has 2 radical (unpaired) electrons. The summed E-state index contributed by atoms with van der Waals surface area (Å²) < 4.78 is 0. The maximum absolute atomic E-state index is 2.30. The van der Waals surface area contributed by atoms with E-state index in [2.05, 4.69) is 48.0 Å². The van der Waals surface area contributed by atoms with Crippen LogP contribution >= 0.6 is 0 Å². The molecule has 1 aromatic carbocycles. The normalized spacial score (nSPS) is 8.36. The summed E-state index contributed by atoms with van der Waals surface area (Å²) in [7, 11) is 0. The van der Waals surface area contributed by atoms with Gasteiger partial charge in [0.25, 0.3) is 0 Å². The van der Waals surface area contributed by atoms with E-state index < -0.39 is 0 Å². The van der Waals surface area contributed by atoms with Gasteiger partial charge >= 0.3 is 31.0 Å². The van der Waals surface area contributed by atoms with Crippen LogP contribution in [0.1, 0.15) is 11.1 Å². The fourth-order valence-corrected chi connectivity index (χ4v) is 0.637. The van der Waals surface area contributed by atoms with Crippen molar-refractivity contribution in [1.29, 1.82) is 0 Å². The van der Waals surface area contributed by atoms with Gasteiger partial charge in [0.15, 0.2) is 0 Å². The number of hydrogen-bond acceptors (Lipinski definition) is 0. The third kappa shape index (κ3) is 6.42. The van der Waals surface area contributed by atoms with Crippen LogP contribution in [0.25, 0.3) is 0 Å².